The summed E-state index contributed by atoms with van der Waals surface area (Å²) >= 11 is 5.64. The van der Waals surface area contributed by atoms with E-state index in [1.54, 1.807) is 0 Å². The van der Waals surface area contributed by atoms with Crippen LogP contribution in [-0.4, -0.2) is 48.0 Å². The van der Waals surface area contributed by atoms with E-state index in [2.05, 4.69) is 60.2 Å². The number of benzene rings is 2. The molecular weight excluding hydrogens is 316 g/mol. The minimum Gasteiger partial charge on any atom is -0.489 e. The predicted octanol–water partition coefficient (Wildman–Crippen LogP) is 3.50. The van der Waals surface area contributed by atoms with Crippen LogP contribution >= 0.6 is 12.2 Å². The average molecular weight is 340 g/mol. The molecule has 4 heteroatoms. The van der Waals surface area contributed by atoms with Gasteiger partial charge in [-0.05, 0) is 43.8 Å². The molecule has 2 aromatic carbocycles. The van der Waals surface area contributed by atoms with Gasteiger partial charge in [0.2, 0.25) is 0 Å². The largest absolute Gasteiger partial charge is 0.489 e. The van der Waals surface area contributed by atoms with E-state index in [0.29, 0.717) is 6.61 Å². The summed E-state index contributed by atoms with van der Waals surface area (Å²) in [5.41, 5.74) is 3.54. The van der Waals surface area contributed by atoms with Crippen molar-refractivity contribution >= 4 is 17.2 Å². The van der Waals surface area contributed by atoms with Gasteiger partial charge in [0.1, 0.15) is 17.3 Å². The van der Waals surface area contributed by atoms with Crippen LogP contribution in [-0.2, 0) is 6.61 Å². The molecule has 2 aromatic rings. The number of piperazine rings is 1. The van der Waals surface area contributed by atoms with Crippen LogP contribution in [0.15, 0.2) is 48.5 Å². The fourth-order valence-electron chi connectivity index (χ4n) is 2.85. The fraction of sp³-hybridized carbons (Fsp3) is 0.350. The van der Waals surface area contributed by atoms with E-state index < -0.39 is 0 Å². The highest BCUT2D eigenvalue weighted by atomic mass is 32.1. The summed E-state index contributed by atoms with van der Waals surface area (Å²) in [6.45, 7) is 6.82. The Hall–Kier alpha value is -1.91. The summed E-state index contributed by atoms with van der Waals surface area (Å²) in [4.78, 5) is 5.56. The van der Waals surface area contributed by atoms with Crippen LogP contribution in [0.2, 0.25) is 0 Å². The Morgan fingerprint density at radius 2 is 1.75 bits per heavy atom. The first-order valence-corrected chi connectivity index (χ1v) is 8.79. The first-order chi connectivity index (χ1) is 11.6. The van der Waals surface area contributed by atoms with E-state index >= 15 is 0 Å². The van der Waals surface area contributed by atoms with E-state index in [4.69, 9.17) is 17.0 Å². The first-order valence-electron chi connectivity index (χ1n) is 8.38. The van der Waals surface area contributed by atoms with Gasteiger partial charge in [0.25, 0.3) is 0 Å². The molecule has 24 heavy (non-hydrogen) atoms. The minimum absolute atomic E-state index is 0.587. The van der Waals surface area contributed by atoms with Crippen molar-refractivity contribution in [2.45, 2.75) is 13.5 Å². The lowest BCUT2D eigenvalue weighted by atomic mass is 10.1. The molecule has 0 N–H and O–H groups in total. The van der Waals surface area contributed by atoms with Crippen molar-refractivity contribution in [2.75, 3.05) is 33.2 Å². The number of hydrogen-bond acceptors (Lipinski definition) is 3. The number of rotatable bonds is 4. The Bertz CT molecular complexity index is 691. The summed E-state index contributed by atoms with van der Waals surface area (Å²) in [6, 6.07) is 16.5. The second kappa shape index (κ2) is 7.77. The van der Waals surface area contributed by atoms with Gasteiger partial charge in [0.05, 0.1) is 0 Å². The molecular formula is C20H24N2OS. The lowest BCUT2D eigenvalue weighted by Crippen LogP contribution is -2.46. The van der Waals surface area contributed by atoms with Crippen LogP contribution in [0.4, 0.5) is 0 Å². The van der Waals surface area contributed by atoms with Crippen molar-refractivity contribution in [1.82, 2.24) is 9.80 Å². The van der Waals surface area contributed by atoms with Gasteiger partial charge in [-0.25, -0.2) is 0 Å². The molecule has 0 bridgehead atoms. The lowest BCUT2D eigenvalue weighted by Gasteiger charge is -2.34. The highest BCUT2D eigenvalue weighted by molar-refractivity contribution is 7.80. The van der Waals surface area contributed by atoms with Gasteiger partial charge in [-0.3, -0.25) is 0 Å². The van der Waals surface area contributed by atoms with Crippen molar-refractivity contribution < 1.29 is 4.74 Å². The van der Waals surface area contributed by atoms with Gasteiger partial charge >= 0.3 is 0 Å². The van der Waals surface area contributed by atoms with Crippen LogP contribution in [0, 0.1) is 6.92 Å². The van der Waals surface area contributed by atoms with Crippen LogP contribution in [0.1, 0.15) is 16.7 Å². The van der Waals surface area contributed by atoms with E-state index in [9.17, 15) is 0 Å². The van der Waals surface area contributed by atoms with Crippen molar-refractivity contribution in [1.29, 1.82) is 0 Å². The molecule has 3 rings (SSSR count). The molecule has 0 amide bonds. The molecule has 0 saturated carbocycles. The van der Waals surface area contributed by atoms with Gasteiger partial charge < -0.3 is 14.5 Å². The topological polar surface area (TPSA) is 15.7 Å². The minimum atomic E-state index is 0.587. The molecule has 0 spiro atoms. The average Bonchev–Trinajstić information content (AvgIpc) is 2.61. The first kappa shape index (κ1) is 16.9. The zero-order chi connectivity index (χ0) is 16.9. The number of likely N-dealkylation sites (N-methyl/N-ethyl adjacent to an activating group) is 1. The van der Waals surface area contributed by atoms with E-state index in [1.807, 2.05) is 12.1 Å². The third-order valence-electron chi connectivity index (χ3n) is 4.38. The lowest BCUT2D eigenvalue weighted by molar-refractivity contribution is 0.218. The van der Waals surface area contributed by atoms with Gasteiger partial charge in [0.15, 0.2) is 0 Å². The molecule has 0 aromatic heterocycles. The van der Waals surface area contributed by atoms with Gasteiger partial charge in [-0.15, -0.1) is 0 Å². The van der Waals surface area contributed by atoms with Crippen molar-refractivity contribution in [3.05, 3.63) is 65.2 Å². The highest BCUT2D eigenvalue weighted by Gasteiger charge is 2.17. The van der Waals surface area contributed by atoms with Crippen LogP contribution in [0.3, 0.4) is 0 Å². The van der Waals surface area contributed by atoms with Crippen LogP contribution < -0.4 is 4.74 Å². The number of ether oxygens (including phenoxy) is 1. The highest BCUT2D eigenvalue weighted by Crippen LogP contribution is 2.17. The summed E-state index contributed by atoms with van der Waals surface area (Å²) in [7, 11) is 2.15. The van der Waals surface area contributed by atoms with E-state index in [-0.39, 0.29) is 0 Å². The Morgan fingerprint density at radius 3 is 2.42 bits per heavy atom. The summed E-state index contributed by atoms with van der Waals surface area (Å²) < 4.78 is 5.88. The summed E-state index contributed by atoms with van der Waals surface area (Å²) in [5, 5.41) is 0. The molecule has 1 fully saturated rings. The van der Waals surface area contributed by atoms with Crippen molar-refractivity contribution in [2.24, 2.45) is 0 Å². The molecule has 1 saturated heterocycles. The van der Waals surface area contributed by atoms with E-state index in [0.717, 1.165) is 42.5 Å². The molecule has 1 aliphatic heterocycles. The monoisotopic (exact) mass is 340 g/mol. The maximum absolute atomic E-state index is 5.88. The SMILES string of the molecule is Cc1cccc(COc2ccc(C(=S)N3CCN(C)CC3)cc2)c1. The second-order valence-corrected chi connectivity index (χ2v) is 6.78. The Balaban J connectivity index is 1.58. The van der Waals surface area contributed by atoms with Gasteiger partial charge in [-0.2, -0.15) is 0 Å². The van der Waals surface area contributed by atoms with Crippen molar-refractivity contribution in [3.63, 3.8) is 0 Å². The Morgan fingerprint density at radius 1 is 1.04 bits per heavy atom. The number of aryl methyl sites for hydroxylation is 1. The van der Waals surface area contributed by atoms with Crippen molar-refractivity contribution in [3.8, 4) is 5.75 Å². The molecule has 1 heterocycles. The normalized spacial score (nSPS) is 15.3. The second-order valence-electron chi connectivity index (χ2n) is 6.40. The maximum Gasteiger partial charge on any atom is 0.119 e. The molecule has 126 valence electrons. The number of thiocarbonyl (C=S) groups is 1. The van der Waals surface area contributed by atoms with Gasteiger partial charge in [0, 0.05) is 31.7 Å². The zero-order valence-electron chi connectivity index (χ0n) is 14.4. The summed E-state index contributed by atoms with van der Waals surface area (Å²) in [6.07, 6.45) is 0. The summed E-state index contributed by atoms with van der Waals surface area (Å²) in [5.74, 6) is 0.876. The zero-order valence-corrected chi connectivity index (χ0v) is 15.2. The molecule has 0 aliphatic carbocycles. The molecule has 3 nitrogen and oxygen atoms in total. The Kier molecular flexibility index (Phi) is 5.48. The number of nitrogens with zero attached hydrogens (tertiary/aromatic N) is 2. The molecule has 0 atom stereocenters. The van der Waals surface area contributed by atoms with Crippen LogP contribution in [0.25, 0.3) is 0 Å². The standard InChI is InChI=1S/C20H24N2OS/c1-16-4-3-5-17(14-16)15-23-19-8-6-18(7-9-19)20(24)22-12-10-21(2)11-13-22/h3-9,14H,10-13,15H2,1-2H3. The Labute approximate surface area is 149 Å². The fourth-order valence-corrected chi connectivity index (χ4v) is 3.17. The molecule has 0 radical (unpaired) electrons. The third-order valence-corrected chi connectivity index (χ3v) is 4.87. The van der Waals surface area contributed by atoms with E-state index in [1.165, 1.54) is 11.1 Å². The number of hydrogen-bond donors (Lipinski definition) is 0. The van der Waals surface area contributed by atoms with Gasteiger partial charge in [-0.1, -0.05) is 42.0 Å². The predicted molar refractivity (Wildman–Crippen MR) is 103 cm³/mol. The molecule has 0 unspecified atom stereocenters. The quantitative estimate of drug-likeness (QED) is 0.791. The molecule has 1 aliphatic rings. The third kappa shape index (κ3) is 4.34. The van der Waals surface area contributed by atoms with Crippen LogP contribution in [0.5, 0.6) is 5.75 Å². The maximum atomic E-state index is 5.88. The smallest absolute Gasteiger partial charge is 0.119 e.